The molecule has 0 radical (unpaired) electrons. The van der Waals surface area contributed by atoms with Crippen molar-refractivity contribution in [2.24, 2.45) is 5.84 Å². The van der Waals surface area contributed by atoms with Crippen molar-refractivity contribution in [3.05, 3.63) is 53.8 Å². The smallest absolute Gasteiger partial charge is 0.414 e. The quantitative estimate of drug-likeness (QED) is 0.342. The van der Waals surface area contributed by atoms with Gasteiger partial charge in [0.1, 0.15) is 16.9 Å². The second-order valence-electron chi connectivity index (χ2n) is 7.14. The first-order valence-corrected chi connectivity index (χ1v) is 10.1. The number of carbonyl (C=O) groups is 2. The summed E-state index contributed by atoms with van der Waals surface area (Å²) in [6, 6.07) is 12.0. The maximum atomic E-state index is 14.8. The van der Waals surface area contributed by atoms with Gasteiger partial charge in [-0.1, -0.05) is 36.5 Å². The molecule has 1 aliphatic rings. The lowest BCUT2D eigenvalue weighted by Crippen LogP contribution is -2.45. The summed E-state index contributed by atoms with van der Waals surface area (Å²) in [5.74, 6) is 5.04. The number of nitrogens with zero attached hydrogens (tertiary/aromatic N) is 2. The van der Waals surface area contributed by atoms with Crippen LogP contribution in [0.1, 0.15) is 19.4 Å². The number of thiocarbonyl (C=S) groups is 1. The van der Waals surface area contributed by atoms with Gasteiger partial charge in [-0.25, -0.2) is 25.6 Å². The van der Waals surface area contributed by atoms with Crippen molar-refractivity contribution in [2.75, 3.05) is 18.0 Å². The van der Waals surface area contributed by atoms with Gasteiger partial charge in [-0.2, -0.15) is 0 Å². The van der Waals surface area contributed by atoms with Crippen molar-refractivity contribution in [2.45, 2.75) is 26.5 Å². The molecule has 1 fully saturated rings. The van der Waals surface area contributed by atoms with Crippen LogP contribution in [-0.2, 0) is 16.1 Å². The number of benzene rings is 2. The molecule has 1 heterocycles. The molecular weight excluding hydrogens is 421 g/mol. The van der Waals surface area contributed by atoms with Crippen molar-refractivity contribution in [3.63, 3.8) is 0 Å². The predicted octanol–water partition coefficient (Wildman–Crippen LogP) is 2.48. The van der Waals surface area contributed by atoms with Crippen LogP contribution in [0, 0.1) is 5.82 Å². The Labute approximate surface area is 185 Å². The number of rotatable bonds is 7. The Bertz CT molecular complexity index is 985. The second-order valence-corrected chi connectivity index (χ2v) is 7.73. The van der Waals surface area contributed by atoms with Gasteiger partial charge in [0.25, 0.3) is 0 Å². The molecule has 31 heavy (non-hydrogen) atoms. The molecule has 10 heteroatoms. The van der Waals surface area contributed by atoms with Gasteiger partial charge in [-0.05, 0) is 36.2 Å². The molecule has 0 spiro atoms. The molecule has 2 aromatic carbocycles. The van der Waals surface area contributed by atoms with Crippen molar-refractivity contribution in [1.29, 1.82) is 0 Å². The first kappa shape index (κ1) is 22.6. The third kappa shape index (κ3) is 5.75. The molecule has 2 amide bonds. The van der Waals surface area contributed by atoms with Gasteiger partial charge in [-0.15, -0.1) is 0 Å². The summed E-state index contributed by atoms with van der Waals surface area (Å²) in [4.78, 5) is 25.0. The molecule has 1 atom stereocenters. The van der Waals surface area contributed by atoms with E-state index < -0.39 is 18.0 Å². The Balaban J connectivity index is 1.67. The van der Waals surface area contributed by atoms with Crippen LogP contribution < -0.4 is 21.5 Å². The average molecular weight is 446 g/mol. The highest BCUT2D eigenvalue weighted by atomic mass is 32.1. The van der Waals surface area contributed by atoms with Crippen LogP contribution in [0.2, 0.25) is 0 Å². The Morgan fingerprint density at radius 1 is 1.29 bits per heavy atom. The lowest BCUT2D eigenvalue weighted by molar-refractivity contribution is -0.119. The number of hydrogen-bond donors (Lipinski definition) is 3. The van der Waals surface area contributed by atoms with E-state index in [0.29, 0.717) is 28.3 Å². The number of amides is 2. The molecular formula is C21H24FN5O3S. The maximum absolute atomic E-state index is 14.8. The molecule has 0 aliphatic carbocycles. The number of ether oxygens (including phenoxy) is 1. The monoisotopic (exact) mass is 445 g/mol. The van der Waals surface area contributed by atoms with E-state index in [2.05, 4.69) is 10.7 Å². The number of cyclic esters (lactones) is 1. The third-order valence-corrected chi connectivity index (χ3v) is 4.97. The van der Waals surface area contributed by atoms with E-state index in [4.69, 9.17) is 22.8 Å². The zero-order chi connectivity index (χ0) is 22.5. The number of hydrazine groups is 2. The van der Waals surface area contributed by atoms with Crippen molar-refractivity contribution in [3.8, 4) is 11.1 Å². The largest absolute Gasteiger partial charge is 0.442 e. The van der Waals surface area contributed by atoms with Gasteiger partial charge in [0.2, 0.25) is 5.91 Å². The second kappa shape index (κ2) is 9.82. The van der Waals surface area contributed by atoms with Crippen LogP contribution in [0.25, 0.3) is 11.1 Å². The molecule has 1 saturated heterocycles. The normalized spacial score (nSPS) is 15.5. The van der Waals surface area contributed by atoms with E-state index in [1.54, 1.807) is 19.1 Å². The predicted molar refractivity (Wildman–Crippen MR) is 119 cm³/mol. The van der Waals surface area contributed by atoms with Crippen molar-refractivity contribution in [1.82, 2.24) is 15.9 Å². The first-order chi connectivity index (χ1) is 14.7. The number of carbonyl (C=O) groups excluding carboxylic acids is 2. The molecule has 4 N–H and O–H groups in total. The van der Waals surface area contributed by atoms with E-state index in [9.17, 15) is 14.0 Å². The van der Waals surface area contributed by atoms with Crippen LogP contribution >= 0.6 is 12.2 Å². The lowest BCUT2D eigenvalue weighted by Gasteiger charge is -2.18. The minimum atomic E-state index is -0.570. The number of halogens is 1. The fourth-order valence-corrected chi connectivity index (χ4v) is 3.16. The first-order valence-electron chi connectivity index (χ1n) is 9.65. The summed E-state index contributed by atoms with van der Waals surface area (Å²) in [6.45, 7) is 4.02. The molecule has 3 rings (SSSR count). The van der Waals surface area contributed by atoms with Gasteiger partial charge < -0.3 is 10.1 Å². The minimum absolute atomic E-state index is 0.208. The maximum Gasteiger partial charge on any atom is 0.414 e. The van der Waals surface area contributed by atoms with E-state index in [1.165, 1.54) is 23.0 Å². The summed E-state index contributed by atoms with van der Waals surface area (Å²) in [5.41, 5.74) is 5.43. The Kier molecular flexibility index (Phi) is 7.16. The van der Waals surface area contributed by atoms with E-state index in [1.807, 2.05) is 24.3 Å². The van der Waals surface area contributed by atoms with Gasteiger partial charge in [0, 0.05) is 19.0 Å². The Morgan fingerprint density at radius 2 is 2.00 bits per heavy atom. The number of hydrogen-bond acceptors (Lipinski definition) is 6. The molecule has 0 saturated carbocycles. The SMILES string of the molecule is CC(=O)NC[C@H]1CN(c2ccc(-c3ccc(CNN(N)C(C)=S)cc3)c(F)c2)C(=O)O1. The van der Waals surface area contributed by atoms with Crippen LogP contribution in [0.15, 0.2) is 42.5 Å². The summed E-state index contributed by atoms with van der Waals surface area (Å²) >= 11 is 4.97. The van der Waals surface area contributed by atoms with Gasteiger partial charge in [-0.3, -0.25) is 9.69 Å². The van der Waals surface area contributed by atoms with Crippen LogP contribution in [0.4, 0.5) is 14.9 Å². The average Bonchev–Trinajstić information content (AvgIpc) is 3.11. The zero-order valence-electron chi connectivity index (χ0n) is 17.2. The zero-order valence-corrected chi connectivity index (χ0v) is 18.0. The summed E-state index contributed by atoms with van der Waals surface area (Å²) in [6.07, 6.45) is -1.05. The highest BCUT2D eigenvalue weighted by Gasteiger charge is 2.32. The number of nitrogens with one attached hydrogen (secondary N) is 2. The lowest BCUT2D eigenvalue weighted by atomic mass is 10.0. The van der Waals surface area contributed by atoms with Crippen molar-refractivity contribution < 1.29 is 18.7 Å². The summed E-state index contributed by atoms with van der Waals surface area (Å²) in [5, 5.41) is 3.88. The minimum Gasteiger partial charge on any atom is -0.442 e. The standard InChI is InChI=1S/C21H24FN5O3S/c1-13(28)24-11-18-12-26(21(29)30-18)17-7-8-19(20(22)9-17)16-5-3-15(4-6-16)10-25-27(23)14(2)31/h3-9,18,25H,10-12,23H2,1-2H3,(H,24,28)/t18-/m0/s1. The Hall–Kier alpha value is -3.08. The van der Waals surface area contributed by atoms with Gasteiger partial charge in [0.05, 0.1) is 18.8 Å². The fourth-order valence-electron chi connectivity index (χ4n) is 3.09. The molecule has 0 aromatic heterocycles. The van der Waals surface area contributed by atoms with Gasteiger partial charge >= 0.3 is 6.09 Å². The molecule has 8 nitrogen and oxygen atoms in total. The summed E-state index contributed by atoms with van der Waals surface area (Å²) < 4.78 is 20.0. The highest BCUT2D eigenvalue weighted by Crippen LogP contribution is 2.29. The van der Waals surface area contributed by atoms with E-state index in [0.717, 1.165) is 5.56 Å². The molecule has 2 aromatic rings. The molecule has 1 aliphatic heterocycles. The molecule has 0 unspecified atom stereocenters. The fraction of sp³-hybridized carbons (Fsp3) is 0.286. The molecule has 0 bridgehead atoms. The Morgan fingerprint density at radius 3 is 2.61 bits per heavy atom. The van der Waals surface area contributed by atoms with Crippen LogP contribution in [0.3, 0.4) is 0 Å². The van der Waals surface area contributed by atoms with E-state index >= 15 is 0 Å². The van der Waals surface area contributed by atoms with E-state index in [-0.39, 0.29) is 19.0 Å². The highest BCUT2D eigenvalue weighted by molar-refractivity contribution is 7.80. The third-order valence-electron chi connectivity index (χ3n) is 4.77. The number of anilines is 1. The van der Waals surface area contributed by atoms with Gasteiger partial charge in [0.15, 0.2) is 0 Å². The topological polar surface area (TPSA) is 99.9 Å². The molecule has 164 valence electrons. The van der Waals surface area contributed by atoms with Crippen molar-refractivity contribution >= 4 is 34.9 Å². The summed E-state index contributed by atoms with van der Waals surface area (Å²) in [7, 11) is 0. The van der Waals surface area contributed by atoms with Crippen LogP contribution in [-0.4, -0.2) is 41.3 Å². The van der Waals surface area contributed by atoms with Crippen LogP contribution in [0.5, 0.6) is 0 Å². The number of nitrogens with two attached hydrogens (primary N) is 1.